The Labute approximate surface area is 103 Å². The van der Waals surface area contributed by atoms with Gasteiger partial charge in [0.25, 0.3) is 5.91 Å². The number of nitrogen functional groups attached to an aromatic ring is 1. The van der Waals surface area contributed by atoms with E-state index in [9.17, 15) is 4.79 Å². The summed E-state index contributed by atoms with van der Waals surface area (Å²) in [7, 11) is 0. The van der Waals surface area contributed by atoms with Gasteiger partial charge in [0.05, 0.1) is 11.6 Å². The Morgan fingerprint density at radius 2 is 2.35 bits per heavy atom. The van der Waals surface area contributed by atoms with Gasteiger partial charge in [-0.3, -0.25) is 4.79 Å². The van der Waals surface area contributed by atoms with Gasteiger partial charge in [-0.25, -0.2) is 9.97 Å². The molecule has 1 aromatic rings. The number of anilines is 1. The molecule has 1 aliphatic carbocycles. The van der Waals surface area contributed by atoms with E-state index in [0.717, 1.165) is 6.42 Å². The van der Waals surface area contributed by atoms with E-state index >= 15 is 0 Å². The van der Waals surface area contributed by atoms with E-state index < -0.39 is 0 Å². The van der Waals surface area contributed by atoms with Crippen LogP contribution in [0.15, 0.2) is 30.5 Å². The minimum atomic E-state index is -0.302. The van der Waals surface area contributed by atoms with Gasteiger partial charge in [0.2, 0.25) is 5.28 Å². The van der Waals surface area contributed by atoms with Crippen molar-refractivity contribution < 1.29 is 4.79 Å². The Kier molecular flexibility index (Phi) is 3.39. The van der Waals surface area contributed by atoms with Crippen LogP contribution in [-0.4, -0.2) is 21.9 Å². The molecular weight excluding hydrogens is 240 g/mol. The van der Waals surface area contributed by atoms with Crippen LogP contribution in [0.3, 0.4) is 0 Å². The summed E-state index contributed by atoms with van der Waals surface area (Å²) >= 11 is 5.56. The van der Waals surface area contributed by atoms with Crippen LogP contribution in [0.5, 0.6) is 0 Å². The van der Waals surface area contributed by atoms with Crippen molar-refractivity contribution in [1.29, 1.82) is 0 Å². The predicted molar refractivity (Wildman–Crippen MR) is 65.6 cm³/mol. The zero-order valence-corrected chi connectivity index (χ0v) is 9.69. The molecule has 1 heterocycles. The fourth-order valence-corrected chi connectivity index (χ4v) is 1.62. The van der Waals surface area contributed by atoms with Crippen molar-refractivity contribution in [1.82, 2.24) is 15.3 Å². The summed E-state index contributed by atoms with van der Waals surface area (Å²) < 4.78 is 0. The first-order chi connectivity index (χ1) is 8.16. The molecule has 1 amide bonds. The van der Waals surface area contributed by atoms with Crippen LogP contribution < -0.4 is 11.1 Å². The molecule has 3 N–H and O–H groups in total. The average molecular weight is 251 g/mol. The molecule has 0 spiro atoms. The van der Waals surface area contributed by atoms with Crippen LogP contribution >= 0.6 is 11.6 Å². The number of halogens is 1. The van der Waals surface area contributed by atoms with Crippen LogP contribution in [0, 0.1) is 0 Å². The van der Waals surface area contributed by atoms with Gasteiger partial charge in [-0.1, -0.05) is 24.3 Å². The summed E-state index contributed by atoms with van der Waals surface area (Å²) in [5.41, 5.74) is 5.83. The van der Waals surface area contributed by atoms with Crippen molar-refractivity contribution in [3.8, 4) is 0 Å². The van der Waals surface area contributed by atoms with Gasteiger partial charge in [-0.05, 0) is 18.0 Å². The topological polar surface area (TPSA) is 80.9 Å². The third-order valence-electron chi connectivity index (χ3n) is 2.33. The Balaban J connectivity index is 2.09. The molecule has 1 atom stereocenters. The third kappa shape index (κ3) is 2.82. The van der Waals surface area contributed by atoms with Gasteiger partial charge in [0.1, 0.15) is 5.82 Å². The van der Waals surface area contributed by atoms with Crippen molar-refractivity contribution in [2.45, 2.75) is 12.5 Å². The molecule has 1 aromatic heterocycles. The van der Waals surface area contributed by atoms with Gasteiger partial charge >= 0.3 is 0 Å². The van der Waals surface area contributed by atoms with Crippen LogP contribution in [-0.2, 0) is 0 Å². The smallest absolute Gasteiger partial charge is 0.257 e. The molecule has 0 aliphatic heterocycles. The Morgan fingerprint density at radius 3 is 3.00 bits per heavy atom. The summed E-state index contributed by atoms with van der Waals surface area (Å²) in [5.74, 6) is -0.220. The summed E-state index contributed by atoms with van der Waals surface area (Å²) in [4.78, 5) is 19.3. The molecule has 5 nitrogen and oxygen atoms in total. The van der Waals surface area contributed by atoms with Crippen molar-refractivity contribution >= 4 is 23.3 Å². The number of aromatic nitrogens is 2. The predicted octanol–water partition coefficient (Wildman–Crippen LogP) is 1.33. The minimum absolute atomic E-state index is 0.0254. The highest BCUT2D eigenvalue weighted by Gasteiger charge is 2.15. The molecule has 0 bridgehead atoms. The summed E-state index contributed by atoms with van der Waals surface area (Å²) in [6, 6.07) is -0.0254. The molecule has 0 saturated heterocycles. The van der Waals surface area contributed by atoms with E-state index in [1.165, 1.54) is 6.20 Å². The number of hydrogen-bond donors (Lipinski definition) is 2. The average Bonchev–Trinajstić information content (AvgIpc) is 2.30. The number of nitrogens with zero attached hydrogens (tertiary/aromatic N) is 2. The van der Waals surface area contributed by atoms with Gasteiger partial charge in [0, 0.05) is 6.20 Å². The third-order valence-corrected chi connectivity index (χ3v) is 2.51. The molecule has 2 rings (SSSR count). The zero-order chi connectivity index (χ0) is 12.3. The highest BCUT2D eigenvalue weighted by Crippen LogP contribution is 2.11. The number of hydrogen-bond acceptors (Lipinski definition) is 4. The number of nitrogens with one attached hydrogen (secondary N) is 1. The van der Waals surface area contributed by atoms with Crippen LogP contribution in [0.2, 0.25) is 5.28 Å². The molecule has 1 aliphatic rings. The second-order valence-corrected chi connectivity index (χ2v) is 3.90. The summed E-state index contributed by atoms with van der Waals surface area (Å²) in [5, 5.41) is 2.84. The lowest BCUT2D eigenvalue weighted by Gasteiger charge is -2.15. The number of nitrogens with two attached hydrogens (primary N) is 1. The summed E-state index contributed by atoms with van der Waals surface area (Å²) in [6.45, 7) is 0. The molecule has 0 aromatic carbocycles. The quantitative estimate of drug-likeness (QED) is 0.776. The number of amides is 1. The largest absolute Gasteiger partial charge is 0.383 e. The minimum Gasteiger partial charge on any atom is -0.383 e. The molecule has 0 fully saturated rings. The monoisotopic (exact) mass is 250 g/mol. The first-order valence-corrected chi connectivity index (χ1v) is 5.47. The number of carbonyl (C=O) groups excluding carboxylic acids is 1. The van der Waals surface area contributed by atoms with E-state index in [-0.39, 0.29) is 28.6 Å². The maximum Gasteiger partial charge on any atom is 0.257 e. The molecule has 88 valence electrons. The second kappa shape index (κ2) is 4.97. The SMILES string of the molecule is Nc1nc(Cl)ncc1C(=O)NC1C=CC=CC1. The summed E-state index contributed by atoms with van der Waals surface area (Å²) in [6.07, 6.45) is 9.79. The van der Waals surface area contributed by atoms with E-state index in [2.05, 4.69) is 15.3 Å². The van der Waals surface area contributed by atoms with E-state index in [4.69, 9.17) is 17.3 Å². The fourth-order valence-electron chi connectivity index (χ4n) is 1.48. The van der Waals surface area contributed by atoms with Crippen LogP contribution in [0.25, 0.3) is 0 Å². The molecule has 6 heteroatoms. The van der Waals surface area contributed by atoms with Crippen LogP contribution in [0.4, 0.5) is 5.82 Å². The fraction of sp³-hybridized carbons (Fsp3) is 0.182. The molecular formula is C11H11ClN4O. The lowest BCUT2D eigenvalue weighted by molar-refractivity contribution is 0.0945. The van der Waals surface area contributed by atoms with Crippen molar-refractivity contribution in [2.75, 3.05) is 5.73 Å². The highest BCUT2D eigenvalue weighted by molar-refractivity contribution is 6.28. The Hall–Kier alpha value is -1.88. The molecule has 0 radical (unpaired) electrons. The first kappa shape index (κ1) is 11.6. The van der Waals surface area contributed by atoms with Crippen molar-refractivity contribution in [3.05, 3.63) is 41.3 Å². The van der Waals surface area contributed by atoms with Crippen molar-refractivity contribution in [3.63, 3.8) is 0 Å². The van der Waals surface area contributed by atoms with E-state index in [1.54, 1.807) is 0 Å². The standard InChI is InChI=1S/C11H11ClN4O/c12-11-14-6-8(9(13)16-11)10(17)15-7-4-2-1-3-5-7/h1-4,6-7H,5H2,(H,15,17)(H2,13,14,16). The lowest BCUT2D eigenvalue weighted by Crippen LogP contribution is -2.34. The highest BCUT2D eigenvalue weighted by atomic mass is 35.5. The van der Waals surface area contributed by atoms with E-state index in [0.29, 0.717) is 0 Å². The maximum absolute atomic E-state index is 11.9. The maximum atomic E-state index is 11.9. The van der Waals surface area contributed by atoms with Gasteiger partial charge < -0.3 is 11.1 Å². The second-order valence-electron chi connectivity index (χ2n) is 3.57. The van der Waals surface area contributed by atoms with Gasteiger partial charge in [-0.15, -0.1) is 0 Å². The normalized spacial score (nSPS) is 18.1. The molecule has 1 unspecified atom stereocenters. The Morgan fingerprint density at radius 1 is 1.53 bits per heavy atom. The molecule has 0 saturated carbocycles. The van der Waals surface area contributed by atoms with E-state index in [1.807, 2.05) is 24.3 Å². The first-order valence-electron chi connectivity index (χ1n) is 5.09. The number of rotatable bonds is 2. The van der Waals surface area contributed by atoms with Gasteiger partial charge in [0.15, 0.2) is 0 Å². The van der Waals surface area contributed by atoms with Crippen molar-refractivity contribution in [2.24, 2.45) is 0 Å². The Bertz CT molecular complexity index is 498. The molecule has 17 heavy (non-hydrogen) atoms. The zero-order valence-electron chi connectivity index (χ0n) is 8.93. The van der Waals surface area contributed by atoms with Crippen LogP contribution in [0.1, 0.15) is 16.8 Å². The number of carbonyl (C=O) groups is 1. The number of allylic oxidation sites excluding steroid dienone is 2. The lowest BCUT2D eigenvalue weighted by atomic mass is 10.1. The van der Waals surface area contributed by atoms with Gasteiger partial charge in [-0.2, -0.15) is 0 Å².